The Bertz CT molecular complexity index is 252. The monoisotopic (exact) mass is 194 g/mol. The average Bonchev–Trinajstić information content (AvgIpc) is 2.07. The first kappa shape index (κ1) is 10.2. The first-order valence-electron chi connectivity index (χ1n) is 5.80. The van der Waals surface area contributed by atoms with Crippen LogP contribution in [0.2, 0.25) is 0 Å². The van der Waals surface area contributed by atoms with Gasteiger partial charge < -0.3 is 4.74 Å². The molecule has 0 N–H and O–H groups in total. The van der Waals surface area contributed by atoms with E-state index in [1.807, 2.05) is 0 Å². The van der Waals surface area contributed by atoms with Crippen molar-refractivity contribution in [1.82, 2.24) is 0 Å². The second kappa shape index (κ2) is 3.37. The van der Waals surface area contributed by atoms with Crippen molar-refractivity contribution in [3.05, 3.63) is 11.6 Å². The lowest BCUT2D eigenvalue weighted by Crippen LogP contribution is -2.41. The maximum absolute atomic E-state index is 5.89. The van der Waals surface area contributed by atoms with Crippen LogP contribution in [0.25, 0.3) is 0 Å². The predicted molar refractivity (Wildman–Crippen MR) is 59.2 cm³/mol. The van der Waals surface area contributed by atoms with Gasteiger partial charge in [0.15, 0.2) is 0 Å². The molecule has 0 saturated carbocycles. The number of hydrogen-bond acceptors (Lipinski definition) is 1. The summed E-state index contributed by atoms with van der Waals surface area (Å²) in [6.45, 7) is 10.0. The average molecular weight is 194 g/mol. The third kappa shape index (κ3) is 1.88. The van der Waals surface area contributed by atoms with E-state index in [1.54, 1.807) is 5.57 Å². The van der Waals surface area contributed by atoms with Crippen LogP contribution >= 0.6 is 0 Å². The molecular weight excluding hydrogens is 172 g/mol. The molecule has 1 aliphatic carbocycles. The van der Waals surface area contributed by atoms with Crippen LogP contribution in [-0.4, -0.2) is 12.2 Å². The molecule has 0 bridgehead atoms. The minimum Gasteiger partial charge on any atom is -0.375 e. The van der Waals surface area contributed by atoms with Crippen molar-refractivity contribution in [2.24, 2.45) is 17.8 Å². The van der Waals surface area contributed by atoms with Crippen LogP contribution in [0.5, 0.6) is 0 Å². The van der Waals surface area contributed by atoms with Gasteiger partial charge in [-0.05, 0) is 51.4 Å². The normalized spacial score (nSPS) is 41.4. The van der Waals surface area contributed by atoms with Gasteiger partial charge in [0.25, 0.3) is 0 Å². The number of ether oxygens (including phenoxy) is 1. The van der Waals surface area contributed by atoms with Crippen LogP contribution in [0.15, 0.2) is 11.6 Å². The Morgan fingerprint density at radius 1 is 1.43 bits per heavy atom. The summed E-state index contributed by atoms with van der Waals surface area (Å²) in [4.78, 5) is 0. The Balaban J connectivity index is 2.14. The summed E-state index contributed by atoms with van der Waals surface area (Å²) in [5.41, 5.74) is 1.68. The quantitative estimate of drug-likeness (QED) is 0.537. The first-order chi connectivity index (χ1) is 6.48. The van der Waals surface area contributed by atoms with Crippen LogP contribution in [0.3, 0.4) is 0 Å². The van der Waals surface area contributed by atoms with Crippen molar-refractivity contribution >= 4 is 0 Å². The van der Waals surface area contributed by atoms with Crippen LogP contribution in [0, 0.1) is 17.8 Å². The van der Waals surface area contributed by atoms with Gasteiger partial charge in [0.2, 0.25) is 0 Å². The van der Waals surface area contributed by atoms with Crippen molar-refractivity contribution < 1.29 is 4.74 Å². The standard InChI is InChI=1S/C13H22O/c1-9-5-11-7-13(3,4)14-8-12(11)6-10(9)2/h5,10-12H,6-8H2,1-4H3/t10-,11+,12-/m1/s1. The van der Waals surface area contributed by atoms with Gasteiger partial charge in [-0.2, -0.15) is 0 Å². The van der Waals surface area contributed by atoms with E-state index in [1.165, 1.54) is 12.8 Å². The Morgan fingerprint density at radius 3 is 2.86 bits per heavy atom. The molecule has 3 atom stereocenters. The molecule has 14 heavy (non-hydrogen) atoms. The van der Waals surface area contributed by atoms with Crippen molar-refractivity contribution in [2.45, 2.75) is 46.1 Å². The van der Waals surface area contributed by atoms with E-state index in [0.29, 0.717) is 0 Å². The zero-order chi connectivity index (χ0) is 10.3. The highest BCUT2D eigenvalue weighted by Crippen LogP contribution is 2.41. The molecule has 0 aromatic rings. The molecule has 2 aliphatic rings. The summed E-state index contributed by atoms with van der Waals surface area (Å²) in [7, 11) is 0. The van der Waals surface area contributed by atoms with Crippen LogP contribution in [0.1, 0.15) is 40.5 Å². The molecule has 0 unspecified atom stereocenters. The molecule has 1 nitrogen and oxygen atoms in total. The minimum atomic E-state index is 0.0958. The fourth-order valence-electron chi connectivity index (χ4n) is 2.83. The third-order valence-corrected chi connectivity index (χ3v) is 3.93. The lowest BCUT2D eigenvalue weighted by Gasteiger charge is -2.43. The molecule has 0 aromatic carbocycles. The molecular formula is C13H22O. The fourth-order valence-corrected chi connectivity index (χ4v) is 2.83. The van der Waals surface area contributed by atoms with E-state index in [2.05, 4.69) is 33.8 Å². The van der Waals surface area contributed by atoms with Crippen molar-refractivity contribution in [1.29, 1.82) is 0 Å². The van der Waals surface area contributed by atoms with Gasteiger partial charge in [-0.25, -0.2) is 0 Å². The summed E-state index contributed by atoms with van der Waals surface area (Å²) >= 11 is 0. The highest BCUT2D eigenvalue weighted by atomic mass is 16.5. The van der Waals surface area contributed by atoms with Gasteiger partial charge in [-0.3, -0.25) is 0 Å². The fraction of sp³-hybridized carbons (Fsp3) is 0.846. The van der Waals surface area contributed by atoms with E-state index in [-0.39, 0.29) is 5.60 Å². The number of hydrogen-bond donors (Lipinski definition) is 0. The van der Waals surface area contributed by atoms with E-state index in [0.717, 1.165) is 24.4 Å². The highest BCUT2D eigenvalue weighted by molar-refractivity contribution is 5.12. The molecule has 80 valence electrons. The molecule has 0 aromatic heterocycles. The van der Waals surface area contributed by atoms with E-state index < -0.39 is 0 Å². The molecule has 0 radical (unpaired) electrons. The molecule has 1 aliphatic heterocycles. The maximum Gasteiger partial charge on any atom is 0.0632 e. The lowest BCUT2D eigenvalue weighted by atomic mass is 9.71. The second-order valence-electron chi connectivity index (χ2n) is 5.75. The summed E-state index contributed by atoms with van der Waals surface area (Å²) in [5.74, 6) is 2.32. The van der Waals surface area contributed by atoms with Crippen LogP contribution in [-0.2, 0) is 4.74 Å². The molecule has 1 saturated heterocycles. The summed E-state index contributed by atoms with van der Waals surface area (Å²) in [6.07, 6.45) is 5.02. The predicted octanol–water partition coefficient (Wildman–Crippen LogP) is 3.40. The Hall–Kier alpha value is -0.300. The lowest BCUT2D eigenvalue weighted by molar-refractivity contribution is -0.0987. The van der Waals surface area contributed by atoms with E-state index >= 15 is 0 Å². The Kier molecular flexibility index (Phi) is 2.46. The largest absolute Gasteiger partial charge is 0.375 e. The summed E-state index contributed by atoms with van der Waals surface area (Å²) < 4.78 is 5.89. The van der Waals surface area contributed by atoms with E-state index in [9.17, 15) is 0 Å². The van der Waals surface area contributed by atoms with Crippen molar-refractivity contribution in [3.8, 4) is 0 Å². The maximum atomic E-state index is 5.89. The molecule has 1 heteroatoms. The first-order valence-corrected chi connectivity index (χ1v) is 5.80. The Labute approximate surface area is 87.5 Å². The van der Waals surface area contributed by atoms with Gasteiger partial charge in [-0.15, -0.1) is 0 Å². The van der Waals surface area contributed by atoms with Gasteiger partial charge in [0.05, 0.1) is 12.2 Å². The second-order valence-corrected chi connectivity index (χ2v) is 5.75. The van der Waals surface area contributed by atoms with Crippen LogP contribution in [0.4, 0.5) is 0 Å². The smallest absolute Gasteiger partial charge is 0.0632 e. The molecule has 2 rings (SSSR count). The SMILES string of the molecule is CC1=C[C@H]2CC(C)(C)OC[C@H]2C[C@H]1C. The van der Waals surface area contributed by atoms with Gasteiger partial charge in [0, 0.05) is 0 Å². The minimum absolute atomic E-state index is 0.0958. The van der Waals surface area contributed by atoms with Gasteiger partial charge in [-0.1, -0.05) is 18.6 Å². The molecule has 1 heterocycles. The number of fused-ring (bicyclic) bond motifs is 1. The van der Waals surface area contributed by atoms with E-state index in [4.69, 9.17) is 4.74 Å². The van der Waals surface area contributed by atoms with Crippen molar-refractivity contribution in [2.75, 3.05) is 6.61 Å². The molecule has 0 amide bonds. The number of rotatable bonds is 0. The Morgan fingerprint density at radius 2 is 2.14 bits per heavy atom. The zero-order valence-electron chi connectivity index (χ0n) is 9.84. The zero-order valence-corrected chi connectivity index (χ0v) is 9.84. The topological polar surface area (TPSA) is 9.23 Å². The number of allylic oxidation sites excluding steroid dienone is 2. The van der Waals surface area contributed by atoms with Crippen molar-refractivity contribution in [3.63, 3.8) is 0 Å². The van der Waals surface area contributed by atoms with Crippen LogP contribution < -0.4 is 0 Å². The van der Waals surface area contributed by atoms with Gasteiger partial charge >= 0.3 is 0 Å². The summed E-state index contributed by atoms with van der Waals surface area (Å²) in [6, 6.07) is 0. The van der Waals surface area contributed by atoms with Gasteiger partial charge in [0.1, 0.15) is 0 Å². The highest BCUT2D eigenvalue weighted by Gasteiger charge is 2.37. The molecule has 1 fully saturated rings. The molecule has 0 spiro atoms. The third-order valence-electron chi connectivity index (χ3n) is 3.93. The summed E-state index contributed by atoms with van der Waals surface area (Å²) in [5, 5.41) is 0.